The van der Waals surface area contributed by atoms with Crippen molar-refractivity contribution in [2.75, 3.05) is 20.3 Å². The second kappa shape index (κ2) is 11.7. The zero-order valence-electron chi connectivity index (χ0n) is 20.1. The lowest BCUT2D eigenvalue weighted by molar-refractivity contribution is -0.139. The Morgan fingerprint density at radius 3 is 1.71 bits per heavy atom. The molecular weight excluding hydrogens is 444 g/mol. The van der Waals surface area contributed by atoms with Crippen LogP contribution in [-0.2, 0) is 14.3 Å². The molecule has 0 bridgehead atoms. The zero-order chi connectivity index (χ0) is 25.4. The average molecular weight is 473 g/mol. The van der Waals surface area contributed by atoms with E-state index in [-0.39, 0.29) is 13.2 Å². The fourth-order valence-electron chi connectivity index (χ4n) is 3.12. The number of rotatable bonds is 10. The van der Waals surface area contributed by atoms with Crippen LogP contribution < -0.4 is 14.2 Å². The summed E-state index contributed by atoms with van der Waals surface area (Å²) in [6.07, 6.45) is 0. The maximum atomic E-state index is 11.7. The molecule has 0 saturated carbocycles. The Hall–Kier alpha value is -4.32. The molecule has 0 spiro atoms. The fraction of sp³-hybridized carbons (Fsp3) is 0.172. The number of hydrogen-bond acceptors (Lipinski definition) is 6. The van der Waals surface area contributed by atoms with Crippen LogP contribution in [0.15, 0.2) is 91.0 Å². The molecule has 0 radical (unpaired) electrons. The van der Waals surface area contributed by atoms with E-state index in [9.17, 15) is 9.59 Å². The molecule has 0 fully saturated rings. The molecule has 3 aromatic carbocycles. The van der Waals surface area contributed by atoms with Gasteiger partial charge in [-0.3, -0.25) is 0 Å². The standard InChI is InChI=1S/C29H28O6/c1-19(2)28(30)34-15-14-33-27-17-24(16-26(18-27)32-5)23-8-6-21(7-9-23)22-10-12-25(13-11-22)35-29(31)20(3)4/h6-13,16-18H,1,3,14-15H2,2,4-5H3. The van der Waals surface area contributed by atoms with Gasteiger partial charge in [0.1, 0.15) is 30.5 Å². The Morgan fingerprint density at radius 2 is 1.17 bits per heavy atom. The van der Waals surface area contributed by atoms with Gasteiger partial charge in [0.15, 0.2) is 0 Å². The maximum Gasteiger partial charge on any atom is 0.338 e. The van der Waals surface area contributed by atoms with Crippen LogP contribution in [0.1, 0.15) is 13.8 Å². The molecule has 6 nitrogen and oxygen atoms in total. The first-order chi connectivity index (χ1) is 16.8. The van der Waals surface area contributed by atoms with Crippen LogP contribution in [0.2, 0.25) is 0 Å². The normalized spacial score (nSPS) is 10.3. The first-order valence-electron chi connectivity index (χ1n) is 11.0. The fourth-order valence-corrected chi connectivity index (χ4v) is 3.12. The predicted molar refractivity (Wildman–Crippen MR) is 136 cm³/mol. The molecule has 0 aliphatic heterocycles. The van der Waals surface area contributed by atoms with E-state index in [0.29, 0.717) is 28.4 Å². The van der Waals surface area contributed by atoms with Gasteiger partial charge in [-0.2, -0.15) is 0 Å². The van der Waals surface area contributed by atoms with Crippen molar-refractivity contribution in [1.29, 1.82) is 0 Å². The topological polar surface area (TPSA) is 71.1 Å². The molecule has 3 aromatic rings. The molecule has 3 rings (SSSR count). The van der Waals surface area contributed by atoms with Crippen molar-refractivity contribution in [2.24, 2.45) is 0 Å². The van der Waals surface area contributed by atoms with Crippen LogP contribution in [0.5, 0.6) is 17.2 Å². The number of esters is 2. The van der Waals surface area contributed by atoms with Crippen LogP contribution in [0.3, 0.4) is 0 Å². The minimum absolute atomic E-state index is 0.123. The van der Waals surface area contributed by atoms with Crippen molar-refractivity contribution < 1.29 is 28.5 Å². The summed E-state index contributed by atoms with van der Waals surface area (Å²) in [7, 11) is 1.60. The number of hydrogen-bond donors (Lipinski definition) is 0. The molecule has 180 valence electrons. The van der Waals surface area contributed by atoms with Crippen molar-refractivity contribution in [3.63, 3.8) is 0 Å². The lowest BCUT2D eigenvalue weighted by atomic mass is 10.00. The molecule has 0 heterocycles. The van der Waals surface area contributed by atoms with Gasteiger partial charge in [-0.15, -0.1) is 0 Å². The number of methoxy groups -OCH3 is 1. The van der Waals surface area contributed by atoms with Crippen LogP contribution in [0.25, 0.3) is 22.3 Å². The predicted octanol–water partition coefficient (Wildman–Crippen LogP) is 6.01. The van der Waals surface area contributed by atoms with Gasteiger partial charge in [0, 0.05) is 17.2 Å². The molecule has 0 unspecified atom stereocenters. The highest BCUT2D eigenvalue weighted by atomic mass is 16.6. The third-order valence-corrected chi connectivity index (χ3v) is 5.01. The first kappa shape index (κ1) is 25.3. The number of benzene rings is 3. The van der Waals surface area contributed by atoms with Gasteiger partial charge in [-0.05, 0) is 60.4 Å². The van der Waals surface area contributed by atoms with E-state index in [1.807, 2.05) is 48.5 Å². The minimum atomic E-state index is -0.448. The number of carbonyl (C=O) groups is 2. The molecule has 6 heteroatoms. The van der Waals surface area contributed by atoms with Crippen molar-refractivity contribution in [2.45, 2.75) is 13.8 Å². The van der Waals surface area contributed by atoms with E-state index in [1.165, 1.54) is 0 Å². The summed E-state index contributed by atoms with van der Waals surface area (Å²) in [5.41, 5.74) is 4.61. The van der Waals surface area contributed by atoms with Crippen LogP contribution in [0.4, 0.5) is 0 Å². The highest BCUT2D eigenvalue weighted by Crippen LogP contribution is 2.32. The monoisotopic (exact) mass is 472 g/mol. The van der Waals surface area contributed by atoms with Crippen LogP contribution >= 0.6 is 0 Å². The lowest BCUT2D eigenvalue weighted by Gasteiger charge is -2.12. The SMILES string of the molecule is C=C(C)C(=O)OCCOc1cc(OC)cc(-c2ccc(-c3ccc(OC(=O)C(=C)C)cc3)cc2)c1. The van der Waals surface area contributed by atoms with Gasteiger partial charge in [-0.25, -0.2) is 9.59 Å². The molecule has 35 heavy (non-hydrogen) atoms. The molecule has 0 amide bonds. The quantitative estimate of drug-likeness (QED) is 0.156. The Kier molecular flexibility index (Phi) is 8.46. The smallest absolute Gasteiger partial charge is 0.338 e. The molecule has 0 aliphatic carbocycles. The molecule has 0 aliphatic rings. The molecular formula is C29H28O6. The van der Waals surface area contributed by atoms with Gasteiger partial charge in [0.05, 0.1) is 7.11 Å². The van der Waals surface area contributed by atoms with Gasteiger partial charge in [0.25, 0.3) is 0 Å². The number of carbonyl (C=O) groups excluding carboxylic acids is 2. The minimum Gasteiger partial charge on any atom is -0.497 e. The molecule has 0 saturated heterocycles. The van der Waals surface area contributed by atoms with Crippen molar-refractivity contribution in [3.8, 4) is 39.5 Å². The van der Waals surface area contributed by atoms with Crippen LogP contribution in [0, 0.1) is 0 Å². The molecule has 0 aromatic heterocycles. The van der Waals surface area contributed by atoms with E-state index in [1.54, 1.807) is 39.2 Å². The highest BCUT2D eigenvalue weighted by Gasteiger charge is 2.09. The third kappa shape index (κ3) is 7.08. The van der Waals surface area contributed by atoms with Gasteiger partial charge < -0.3 is 18.9 Å². The Bertz CT molecular complexity index is 1220. The first-order valence-corrected chi connectivity index (χ1v) is 11.0. The number of ether oxygens (including phenoxy) is 4. The van der Waals surface area contributed by atoms with Crippen molar-refractivity contribution in [3.05, 3.63) is 91.0 Å². The summed E-state index contributed by atoms with van der Waals surface area (Å²) in [6.45, 7) is 10.7. The summed E-state index contributed by atoms with van der Waals surface area (Å²) in [5, 5.41) is 0. The lowest BCUT2D eigenvalue weighted by Crippen LogP contribution is -2.12. The summed E-state index contributed by atoms with van der Waals surface area (Å²) in [5.74, 6) is 0.839. The van der Waals surface area contributed by atoms with E-state index in [0.717, 1.165) is 22.3 Å². The largest absolute Gasteiger partial charge is 0.497 e. The maximum absolute atomic E-state index is 11.7. The second-order valence-corrected chi connectivity index (χ2v) is 7.93. The molecule has 0 N–H and O–H groups in total. The van der Waals surface area contributed by atoms with E-state index < -0.39 is 11.9 Å². The summed E-state index contributed by atoms with van der Waals surface area (Å²) >= 11 is 0. The van der Waals surface area contributed by atoms with Gasteiger partial charge in [0.2, 0.25) is 0 Å². The van der Waals surface area contributed by atoms with Crippen molar-refractivity contribution >= 4 is 11.9 Å². The van der Waals surface area contributed by atoms with E-state index in [2.05, 4.69) is 13.2 Å². The van der Waals surface area contributed by atoms with Crippen molar-refractivity contribution in [1.82, 2.24) is 0 Å². The van der Waals surface area contributed by atoms with E-state index >= 15 is 0 Å². The zero-order valence-corrected chi connectivity index (χ0v) is 20.1. The summed E-state index contributed by atoms with van der Waals surface area (Å²) in [6, 6.07) is 21.0. The second-order valence-electron chi connectivity index (χ2n) is 7.93. The summed E-state index contributed by atoms with van der Waals surface area (Å²) in [4.78, 5) is 23.2. The van der Waals surface area contributed by atoms with Crippen LogP contribution in [-0.4, -0.2) is 32.3 Å². The Labute approximate surface area is 205 Å². The van der Waals surface area contributed by atoms with E-state index in [4.69, 9.17) is 18.9 Å². The average Bonchev–Trinajstić information content (AvgIpc) is 2.86. The highest BCUT2D eigenvalue weighted by molar-refractivity contribution is 5.89. The Balaban J connectivity index is 1.70. The Morgan fingerprint density at radius 1 is 0.657 bits per heavy atom. The van der Waals surface area contributed by atoms with Gasteiger partial charge in [-0.1, -0.05) is 49.6 Å². The van der Waals surface area contributed by atoms with Gasteiger partial charge >= 0.3 is 11.9 Å². The summed E-state index contributed by atoms with van der Waals surface area (Å²) < 4.78 is 21.5. The molecule has 0 atom stereocenters. The third-order valence-electron chi connectivity index (χ3n) is 5.01.